The van der Waals surface area contributed by atoms with E-state index in [0.717, 1.165) is 38.5 Å². The zero-order valence-corrected chi connectivity index (χ0v) is 21.9. The van der Waals surface area contributed by atoms with Gasteiger partial charge in [0.25, 0.3) is 5.91 Å². The summed E-state index contributed by atoms with van der Waals surface area (Å²) in [6, 6.07) is 9.48. The number of nitrogens with two attached hydrogens (primary N) is 1. The fraction of sp³-hybridized carbons (Fsp3) is 0.321. The highest BCUT2D eigenvalue weighted by Crippen LogP contribution is 2.35. The Morgan fingerprint density at radius 1 is 1.18 bits per heavy atom. The van der Waals surface area contributed by atoms with Crippen LogP contribution in [0.4, 0.5) is 31.9 Å². The number of nitrogens with one attached hydrogen (secondary N) is 4. The standard InChI is InChI=1S/C28H31F2N7O2/c1-3-10-37-11-7-16(8-12-37)17-4-5-21(23(13-17)39-2)34-28-35-26-19(6-9-32-26)27(36-28)33-22-15-18(29)14-20(30)24(22)25(31)38/h4-6,9,13-16H,3,7-8,10-12H2,1-2H3,(H2,31,38)(H3,32,33,34,35,36)/p+1. The van der Waals surface area contributed by atoms with Gasteiger partial charge in [-0.15, -0.1) is 0 Å². The number of carbonyl (C=O) groups excluding carboxylic acids is 1. The van der Waals surface area contributed by atoms with E-state index in [1.807, 2.05) is 6.07 Å². The van der Waals surface area contributed by atoms with Crippen molar-refractivity contribution < 1.29 is 23.3 Å². The number of fused-ring (bicyclic) bond motifs is 1. The number of benzene rings is 2. The van der Waals surface area contributed by atoms with E-state index in [0.29, 0.717) is 40.4 Å². The van der Waals surface area contributed by atoms with E-state index in [1.54, 1.807) is 19.4 Å². The fourth-order valence-corrected chi connectivity index (χ4v) is 5.19. The van der Waals surface area contributed by atoms with Gasteiger partial charge in [0.1, 0.15) is 17.3 Å². The number of carbonyl (C=O) groups is 1. The van der Waals surface area contributed by atoms with E-state index in [2.05, 4.69) is 49.5 Å². The molecule has 0 atom stereocenters. The molecule has 0 spiro atoms. The molecule has 1 fully saturated rings. The Bertz CT molecular complexity index is 1500. The molecule has 1 aliphatic heterocycles. The van der Waals surface area contributed by atoms with Crippen LogP contribution < -0.4 is 26.1 Å². The monoisotopic (exact) mass is 536 g/mol. The maximum Gasteiger partial charge on any atom is 0.351 e. The van der Waals surface area contributed by atoms with Crippen LogP contribution in [0.15, 0.2) is 42.6 Å². The predicted molar refractivity (Wildman–Crippen MR) is 146 cm³/mol. The van der Waals surface area contributed by atoms with Gasteiger partial charge in [-0.05, 0) is 74.6 Å². The van der Waals surface area contributed by atoms with Gasteiger partial charge in [0.05, 0.1) is 23.7 Å². The highest BCUT2D eigenvalue weighted by atomic mass is 19.1. The first-order valence-corrected chi connectivity index (χ1v) is 13.0. The number of hydrogen-bond donors (Lipinski definition) is 4. The molecule has 1 aliphatic rings. The quantitative estimate of drug-likeness (QED) is 0.243. The van der Waals surface area contributed by atoms with E-state index in [1.165, 1.54) is 12.0 Å². The molecule has 0 aliphatic carbocycles. The molecule has 204 valence electrons. The van der Waals surface area contributed by atoms with Gasteiger partial charge in [0.2, 0.25) is 11.5 Å². The summed E-state index contributed by atoms with van der Waals surface area (Å²) in [5.74, 6) is -1.20. The third kappa shape index (κ3) is 5.63. The molecule has 6 N–H and O–H groups in total. The van der Waals surface area contributed by atoms with Crippen molar-refractivity contribution in [3.05, 3.63) is 65.4 Å². The van der Waals surface area contributed by atoms with Crippen LogP contribution >= 0.6 is 0 Å². The summed E-state index contributed by atoms with van der Waals surface area (Å²) < 4.78 is 34.1. The minimum Gasteiger partial charge on any atom is -0.493 e. The van der Waals surface area contributed by atoms with Crippen LogP contribution in [-0.2, 0) is 0 Å². The Morgan fingerprint density at radius 2 is 1.97 bits per heavy atom. The maximum absolute atomic E-state index is 14.3. The number of aromatic amines is 2. The lowest BCUT2D eigenvalue weighted by Gasteiger charge is -2.32. The minimum absolute atomic E-state index is 0.126. The van der Waals surface area contributed by atoms with Crippen LogP contribution in [0.25, 0.3) is 11.0 Å². The summed E-state index contributed by atoms with van der Waals surface area (Å²) in [7, 11) is 1.62. The number of halogens is 2. The second-order valence-corrected chi connectivity index (χ2v) is 9.70. The van der Waals surface area contributed by atoms with Gasteiger partial charge in [-0.25, -0.2) is 13.8 Å². The number of hydrogen-bond acceptors (Lipinski definition) is 6. The van der Waals surface area contributed by atoms with Crippen molar-refractivity contribution in [1.29, 1.82) is 0 Å². The Kier molecular flexibility index (Phi) is 7.60. The average Bonchev–Trinajstić information content (AvgIpc) is 3.38. The number of primary amides is 1. The van der Waals surface area contributed by atoms with Crippen LogP contribution in [0.1, 0.15) is 48.0 Å². The van der Waals surface area contributed by atoms with Gasteiger partial charge >= 0.3 is 5.95 Å². The molecule has 1 amide bonds. The second kappa shape index (κ2) is 11.2. The van der Waals surface area contributed by atoms with Crippen LogP contribution in [-0.4, -0.2) is 47.5 Å². The highest BCUT2D eigenvalue weighted by Gasteiger charge is 2.23. The molecule has 3 heterocycles. The number of methoxy groups -OCH3 is 1. The molecule has 2 aromatic heterocycles. The molecule has 0 radical (unpaired) electrons. The molecule has 9 nitrogen and oxygen atoms in total. The van der Waals surface area contributed by atoms with Crippen LogP contribution in [0, 0.1) is 11.6 Å². The lowest BCUT2D eigenvalue weighted by atomic mass is 9.89. The molecule has 0 unspecified atom stereocenters. The van der Waals surface area contributed by atoms with Gasteiger partial charge < -0.3 is 20.7 Å². The SMILES string of the molecule is CCCN1CCC(c2ccc(Nc3nc(Nc4cc(F)cc(F)c4C(N)=O)c4cc[nH]c4[nH+]3)c(OC)c2)CC1. The number of piperidine rings is 1. The van der Waals surface area contributed by atoms with E-state index in [9.17, 15) is 13.6 Å². The number of anilines is 4. The summed E-state index contributed by atoms with van der Waals surface area (Å²) in [6.45, 7) is 5.54. The Hall–Kier alpha value is -4.25. The maximum atomic E-state index is 14.3. The van der Waals surface area contributed by atoms with Crippen LogP contribution in [0.2, 0.25) is 0 Å². The van der Waals surface area contributed by atoms with Crippen molar-refractivity contribution in [2.24, 2.45) is 5.73 Å². The first-order valence-electron chi connectivity index (χ1n) is 13.0. The van der Waals surface area contributed by atoms with Gasteiger partial charge in [0.15, 0.2) is 5.75 Å². The third-order valence-corrected chi connectivity index (χ3v) is 7.10. The Morgan fingerprint density at radius 3 is 2.69 bits per heavy atom. The molecule has 0 saturated carbocycles. The minimum atomic E-state index is -1.06. The lowest BCUT2D eigenvalue weighted by molar-refractivity contribution is -0.333. The number of aromatic nitrogens is 3. The van der Waals surface area contributed by atoms with Crippen molar-refractivity contribution >= 4 is 40.1 Å². The lowest BCUT2D eigenvalue weighted by Crippen LogP contribution is -2.33. The molecule has 1 saturated heterocycles. The van der Waals surface area contributed by atoms with Gasteiger partial charge in [-0.1, -0.05) is 18.0 Å². The average molecular weight is 537 g/mol. The van der Waals surface area contributed by atoms with Crippen LogP contribution in [0.3, 0.4) is 0 Å². The fourth-order valence-electron chi connectivity index (χ4n) is 5.19. The smallest absolute Gasteiger partial charge is 0.351 e. The van der Waals surface area contributed by atoms with Crippen molar-refractivity contribution in [3.63, 3.8) is 0 Å². The topological polar surface area (TPSA) is 122 Å². The zero-order chi connectivity index (χ0) is 27.5. The summed E-state index contributed by atoms with van der Waals surface area (Å²) in [4.78, 5) is 25.2. The van der Waals surface area contributed by atoms with E-state index >= 15 is 0 Å². The van der Waals surface area contributed by atoms with E-state index in [4.69, 9.17) is 10.5 Å². The van der Waals surface area contributed by atoms with Crippen molar-refractivity contribution in [1.82, 2.24) is 14.9 Å². The summed E-state index contributed by atoms with van der Waals surface area (Å²) in [5, 5.41) is 6.73. The first-order chi connectivity index (χ1) is 18.9. The predicted octanol–water partition coefficient (Wildman–Crippen LogP) is 4.84. The van der Waals surface area contributed by atoms with Crippen LogP contribution in [0.5, 0.6) is 5.75 Å². The summed E-state index contributed by atoms with van der Waals surface area (Å²) >= 11 is 0. The molecular weight excluding hydrogens is 504 g/mol. The largest absolute Gasteiger partial charge is 0.493 e. The number of H-pyrrole nitrogens is 2. The number of nitrogens with zero attached hydrogens (tertiary/aromatic N) is 2. The van der Waals surface area contributed by atoms with Crippen molar-refractivity contribution in [3.8, 4) is 5.75 Å². The number of ether oxygens (including phenoxy) is 1. The molecule has 39 heavy (non-hydrogen) atoms. The normalized spacial score (nSPS) is 14.5. The molecule has 4 aromatic rings. The van der Waals surface area contributed by atoms with E-state index in [-0.39, 0.29) is 11.5 Å². The number of likely N-dealkylation sites (tertiary alicyclic amines) is 1. The first kappa shape index (κ1) is 26.4. The Labute approximate surface area is 224 Å². The number of rotatable bonds is 9. The molecule has 11 heteroatoms. The summed E-state index contributed by atoms with van der Waals surface area (Å²) in [6.07, 6.45) is 5.08. The zero-order valence-electron chi connectivity index (χ0n) is 21.9. The second-order valence-electron chi connectivity index (χ2n) is 9.70. The molecule has 2 aromatic carbocycles. The molecular formula is C28H32F2N7O2+. The number of amides is 1. The van der Waals surface area contributed by atoms with Crippen molar-refractivity contribution in [2.45, 2.75) is 32.1 Å². The van der Waals surface area contributed by atoms with Gasteiger partial charge in [-0.3, -0.25) is 15.1 Å². The van der Waals surface area contributed by atoms with Gasteiger partial charge in [0, 0.05) is 12.3 Å². The van der Waals surface area contributed by atoms with Gasteiger partial charge in [-0.2, -0.15) is 0 Å². The molecule has 0 bridgehead atoms. The third-order valence-electron chi connectivity index (χ3n) is 7.10. The molecule has 5 rings (SSSR count). The summed E-state index contributed by atoms with van der Waals surface area (Å²) in [5.41, 5.74) is 7.31. The van der Waals surface area contributed by atoms with E-state index < -0.39 is 23.1 Å². The Balaban J connectivity index is 1.42. The van der Waals surface area contributed by atoms with Crippen molar-refractivity contribution in [2.75, 3.05) is 37.4 Å². The highest BCUT2D eigenvalue weighted by molar-refractivity contribution is 6.00.